The molecule has 0 heterocycles. The van der Waals surface area contributed by atoms with E-state index >= 15 is 0 Å². The molecule has 0 aliphatic rings. The Balaban J connectivity index is 2.60. The zero-order valence-electron chi connectivity index (χ0n) is 7.68. The number of benzene rings is 1. The summed E-state index contributed by atoms with van der Waals surface area (Å²) in [4.78, 5) is 0. The van der Waals surface area contributed by atoms with Crippen LogP contribution in [-0.2, 0) is 0 Å². The summed E-state index contributed by atoms with van der Waals surface area (Å²) in [6.07, 6.45) is 3.14. The predicted octanol–water partition coefficient (Wildman–Crippen LogP) is 1.59. The molecule has 3 nitrogen and oxygen atoms in total. The number of nitriles is 1. The summed E-state index contributed by atoms with van der Waals surface area (Å²) in [5, 5.41) is 16.8. The van der Waals surface area contributed by atoms with E-state index in [2.05, 4.69) is 0 Å². The van der Waals surface area contributed by atoms with Gasteiger partial charge in [-0.1, -0.05) is 12.1 Å². The van der Waals surface area contributed by atoms with E-state index in [1.165, 1.54) is 6.08 Å². The molecular weight excluding hydrogens is 178 g/mol. The fourth-order valence-electron chi connectivity index (χ4n) is 0.972. The molecule has 0 spiro atoms. The van der Waals surface area contributed by atoms with E-state index in [1.807, 2.05) is 18.2 Å². The molecule has 0 saturated carbocycles. The quantitative estimate of drug-likeness (QED) is 0.732. The Kier molecular flexibility index (Phi) is 4.25. The third kappa shape index (κ3) is 3.30. The minimum atomic E-state index is 0.0100. The Morgan fingerprint density at radius 3 is 2.64 bits per heavy atom. The smallest absolute Gasteiger partial charge is 0.119 e. The van der Waals surface area contributed by atoms with Crippen LogP contribution >= 0.6 is 0 Å². The molecule has 0 aliphatic carbocycles. The molecule has 1 N–H and O–H groups in total. The van der Waals surface area contributed by atoms with Crippen molar-refractivity contribution in [2.45, 2.75) is 0 Å². The minimum absolute atomic E-state index is 0.0100. The molecule has 3 heteroatoms. The number of aliphatic hydroxyl groups excluding tert-OH is 1. The molecule has 0 radical (unpaired) electrons. The van der Waals surface area contributed by atoms with Crippen molar-refractivity contribution in [3.05, 3.63) is 35.9 Å². The molecule has 0 fully saturated rings. The number of rotatable bonds is 4. The van der Waals surface area contributed by atoms with Crippen LogP contribution in [0.2, 0.25) is 0 Å². The van der Waals surface area contributed by atoms with E-state index in [0.29, 0.717) is 12.4 Å². The summed E-state index contributed by atoms with van der Waals surface area (Å²) >= 11 is 0. The second-order valence-electron chi connectivity index (χ2n) is 2.60. The molecular formula is C11H11NO2. The Labute approximate surface area is 82.9 Å². The lowest BCUT2D eigenvalue weighted by molar-refractivity contribution is 0.201. The van der Waals surface area contributed by atoms with Crippen molar-refractivity contribution < 1.29 is 9.84 Å². The van der Waals surface area contributed by atoms with E-state index in [4.69, 9.17) is 15.1 Å². The number of ether oxygens (including phenoxy) is 1. The van der Waals surface area contributed by atoms with Gasteiger partial charge in [0, 0.05) is 6.08 Å². The molecule has 0 unspecified atom stereocenters. The Morgan fingerprint density at radius 1 is 1.36 bits per heavy atom. The summed E-state index contributed by atoms with van der Waals surface area (Å²) in [5.41, 5.74) is 0.947. The van der Waals surface area contributed by atoms with E-state index < -0.39 is 0 Å². The lowest BCUT2D eigenvalue weighted by Gasteiger charge is -2.03. The number of allylic oxidation sites excluding steroid dienone is 1. The molecule has 14 heavy (non-hydrogen) atoms. The molecule has 0 atom stereocenters. The van der Waals surface area contributed by atoms with Crippen LogP contribution in [0.15, 0.2) is 30.3 Å². The standard InChI is InChI=1S/C11H11NO2/c12-7-1-2-10-3-5-11(6-4-10)14-9-8-13/h1-6,13H,8-9H2/b2-1+. The lowest BCUT2D eigenvalue weighted by Crippen LogP contribution is -2.01. The van der Waals surface area contributed by atoms with Crippen LogP contribution in [0.25, 0.3) is 6.08 Å². The van der Waals surface area contributed by atoms with Crippen LogP contribution in [0, 0.1) is 11.3 Å². The fourth-order valence-corrected chi connectivity index (χ4v) is 0.972. The second-order valence-corrected chi connectivity index (χ2v) is 2.60. The van der Waals surface area contributed by atoms with Gasteiger partial charge in [0.25, 0.3) is 0 Å². The number of aliphatic hydroxyl groups is 1. The summed E-state index contributed by atoms with van der Waals surface area (Å²) in [6, 6.07) is 9.21. The number of nitrogens with zero attached hydrogens (tertiary/aromatic N) is 1. The summed E-state index contributed by atoms with van der Waals surface area (Å²) in [7, 11) is 0. The van der Waals surface area contributed by atoms with Gasteiger partial charge in [0.15, 0.2) is 0 Å². The second kappa shape index (κ2) is 5.79. The predicted molar refractivity (Wildman–Crippen MR) is 53.7 cm³/mol. The molecule has 1 rings (SSSR count). The Hall–Kier alpha value is -1.79. The molecule has 72 valence electrons. The van der Waals surface area contributed by atoms with Gasteiger partial charge in [0.1, 0.15) is 12.4 Å². The maximum atomic E-state index is 8.53. The minimum Gasteiger partial charge on any atom is -0.491 e. The third-order valence-electron chi connectivity index (χ3n) is 1.59. The normalized spacial score (nSPS) is 10.0. The Bertz CT molecular complexity index is 335. The molecule has 1 aromatic rings. The van der Waals surface area contributed by atoms with E-state index in [0.717, 1.165) is 5.56 Å². The lowest BCUT2D eigenvalue weighted by atomic mass is 10.2. The van der Waals surface area contributed by atoms with Crippen LogP contribution in [0.3, 0.4) is 0 Å². The molecule has 0 bridgehead atoms. The zero-order valence-corrected chi connectivity index (χ0v) is 7.68. The first kappa shape index (κ1) is 10.3. The zero-order chi connectivity index (χ0) is 10.2. The third-order valence-corrected chi connectivity index (χ3v) is 1.59. The summed E-state index contributed by atoms with van der Waals surface area (Å²) in [5.74, 6) is 0.716. The van der Waals surface area contributed by atoms with E-state index in [-0.39, 0.29) is 6.61 Å². The summed E-state index contributed by atoms with van der Waals surface area (Å²) in [6.45, 7) is 0.309. The van der Waals surface area contributed by atoms with Crippen LogP contribution in [-0.4, -0.2) is 18.3 Å². The van der Waals surface area contributed by atoms with Crippen LogP contribution in [0.5, 0.6) is 5.75 Å². The molecule has 0 amide bonds. The van der Waals surface area contributed by atoms with Crippen LogP contribution in [0.1, 0.15) is 5.56 Å². The van der Waals surface area contributed by atoms with Crippen molar-refractivity contribution in [3.63, 3.8) is 0 Å². The molecule has 1 aromatic carbocycles. The first-order valence-electron chi connectivity index (χ1n) is 4.26. The Morgan fingerprint density at radius 2 is 2.07 bits per heavy atom. The van der Waals surface area contributed by atoms with Gasteiger partial charge in [-0.2, -0.15) is 5.26 Å². The van der Waals surface area contributed by atoms with Gasteiger partial charge in [-0.3, -0.25) is 0 Å². The highest BCUT2D eigenvalue weighted by Gasteiger charge is 1.91. The molecule has 0 saturated heterocycles. The highest BCUT2D eigenvalue weighted by atomic mass is 16.5. The number of hydrogen-bond acceptors (Lipinski definition) is 3. The van der Waals surface area contributed by atoms with Crippen molar-refractivity contribution in [2.24, 2.45) is 0 Å². The van der Waals surface area contributed by atoms with E-state index in [9.17, 15) is 0 Å². The first-order valence-corrected chi connectivity index (χ1v) is 4.26. The first-order chi connectivity index (χ1) is 6.86. The monoisotopic (exact) mass is 189 g/mol. The molecule has 0 aliphatic heterocycles. The highest BCUT2D eigenvalue weighted by Crippen LogP contribution is 2.12. The van der Waals surface area contributed by atoms with Gasteiger partial charge in [-0.15, -0.1) is 0 Å². The van der Waals surface area contributed by atoms with E-state index in [1.54, 1.807) is 18.2 Å². The SMILES string of the molecule is N#C/C=C/c1ccc(OCCO)cc1. The van der Waals surface area contributed by atoms with Crippen molar-refractivity contribution in [2.75, 3.05) is 13.2 Å². The largest absolute Gasteiger partial charge is 0.491 e. The van der Waals surface area contributed by atoms with Crippen molar-refractivity contribution >= 4 is 6.08 Å². The highest BCUT2D eigenvalue weighted by molar-refractivity contribution is 5.52. The maximum Gasteiger partial charge on any atom is 0.119 e. The maximum absolute atomic E-state index is 8.53. The molecule has 0 aromatic heterocycles. The van der Waals surface area contributed by atoms with Gasteiger partial charge in [-0.25, -0.2) is 0 Å². The van der Waals surface area contributed by atoms with Gasteiger partial charge in [0.2, 0.25) is 0 Å². The van der Waals surface area contributed by atoms with Gasteiger partial charge in [0.05, 0.1) is 12.7 Å². The fraction of sp³-hybridized carbons (Fsp3) is 0.182. The van der Waals surface area contributed by atoms with Crippen LogP contribution in [0.4, 0.5) is 0 Å². The topological polar surface area (TPSA) is 53.2 Å². The average molecular weight is 189 g/mol. The van der Waals surface area contributed by atoms with Crippen LogP contribution < -0.4 is 4.74 Å². The van der Waals surface area contributed by atoms with Gasteiger partial charge in [-0.05, 0) is 23.8 Å². The van der Waals surface area contributed by atoms with Gasteiger partial charge < -0.3 is 9.84 Å². The number of hydrogen-bond donors (Lipinski definition) is 1. The van der Waals surface area contributed by atoms with Crippen molar-refractivity contribution in [1.29, 1.82) is 5.26 Å². The van der Waals surface area contributed by atoms with Crippen molar-refractivity contribution in [1.82, 2.24) is 0 Å². The average Bonchev–Trinajstić information content (AvgIpc) is 2.25. The summed E-state index contributed by atoms with van der Waals surface area (Å²) < 4.78 is 5.18. The van der Waals surface area contributed by atoms with Crippen molar-refractivity contribution in [3.8, 4) is 11.8 Å². The van der Waals surface area contributed by atoms with Gasteiger partial charge >= 0.3 is 0 Å².